The number of hydrogen-bond acceptors (Lipinski definition) is 2. The highest BCUT2D eigenvalue weighted by atomic mass is 16.2. The van der Waals surface area contributed by atoms with Crippen LogP contribution < -0.4 is 5.73 Å². The minimum Gasteiger partial charge on any atom is -0.338 e. The van der Waals surface area contributed by atoms with E-state index in [-0.39, 0.29) is 17.5 Å². The SMILES string of the molecule is N[C@]1(c2ccccc2)CCC(=O)N2CCC[C@@H]21. The van der Waals surface area contributed by atoms with E-state index in [2.05, 4.69) is 12.1 Å². The highest BCUT2D eigenvalue weighted by molar-refractivity contribution is 5.78. The number of nitrogens with two attached hydrogens (primary N) is 1. The lowest BCUT2D eigenvalue weighted by Gasteiger charge is -2.44. The van der Waals surface area contributed by atoms with Gasteiger partial charge in [0.2, 0.25) is 5.91 Å². The van der Waals surface area contributed by atoms with E-state index in [1.54, 1.807) is 0 Å². The highest BCUT2D eigenvalue weighted by Crippen LogP contribution is 2.40. The molecule has 0 aromatic heterocycles. The third-order valence-electron chi connectivity index (χ3n) is 4.23. The van der Waals surface area contributed by atoms with E-state index in [9.17, 15) is 4.79 Å². The normalized spacial score (nSPS) is 32.6. The van der Waals surface area contributed by atoms with Gasteiger partial charge >= 0.3 is 0 Å². The number of hydrogen-bond donors (Lipinski definition) is 1. The summed E-state index contributed by atoms with van der Waals surface area (Å²) in [6.07, 6.45) is 3.48. The van der Waals surface area contributed by atoms with Crippen LogP contribution in [0.15, 0.2) is 30.3 Å². The molecule has 0 aliphatic carbocycles. The second-order valence-electron chi connectivity index (χ2n) is 5.15. The van der Waals surface area contributed by atoms with Crippen LogP contribution in [0.1, 0.15) is 31.2 Å². The van der Waals surface area contributed by atoms with Crippen molar-refractivity contribution < 1.29 is 4.79 Å². The topological polar surface area (TPSA) is 46.3 Å². The van der Waals surface area contributed by atoms with Crippen molar-refractivity contribution >= 4 is 5.91 Å². The molecule has 2 fully saturated rings. The zero-order chi connectivity index (χ0) is 11.9. The van der Waals surface area contributed by atoms with Crippen LogP contribution in [-0.4, -0.2) is 23.4 Å². The number of rotatable bonds is 1. The van der Waals surface area contributed by atoms with E-state index >= 15 is 0 Å². The van der Waals surface area contributed by atoms with E-state index in [0.29, 0.717) is 6.42 Å². The third-order valence-corrected chi connectivity index (χ3v) is 4.23. The Morgan fingerprint density at radius 3 is 2.82 bits per heavy atom. The fourth-order valence-electron chi connectivity index (χ4n) is 3.31. The summed E-state index contributed by atoms with van der Waals surface area (Å²) in [6.45, 7) is 0.884. The average molecular weight is 230 g/mol. The molecule has 1 aromatic rings. The second kappa shape index (κ2) is 3.84. The van der Waals surface area contributed by atoms with Crippen molar-refractivity contribution in [3.63, 3.8) is 0 Å². The Morgan fingerprint density at radius 2 is 2.06 bits per heavy atom. The molecule has 2 heterocycles. The van der Waals surface area contributed by atoms with Crippen molar-refractivity contribution in [2.75, 3.05) is 6.54 Å². The fraction of sp³-hybridized carbons (Fsp3) is 0.500. The fourth-order valence-corrected chi connectivity index (χ4v) is 3.31. The van der Waals surface area contributed by atoms with Gasteiger partial charge in [0.25, 0.3) is 0 Å². The number of benzene rings is 1. The zero-order valence-electron chi connectivity index (χ0n) is 9.93. The molecule has 3 nitrogen and oxygen atoms in total. The Kier molecular flexibility index (Phi) is 2.44. The molecular weight excluding hydrogens is 212 g/mol. The molecule has 3 rings (SSSR count). The first kappa shape index (κ1) is 10.8. The molecule has 0 saturated carbocycles. The van der Waals surface area contributed by atoms with Crippen molar-refractivity contribution in [3.8, 4) is 0 Å². The second-order valence-corrected chi connectivity index (χ2v) is 5.15. The predicted molar refractivity (Wildman–Crippen MR) is 66.3 cm³/mol. The lowest BCUT2D eigenvalue weighted by molar-refractivity contribution is -0.137. The Bertz CT molecular complexity index is 431. The molecule has 2 atom stereocenters. The van der Waals surface area contributed by atoms with Crippen LogP contribution in [0.25, 0.3) is 0 Å². The molecule has 90 valence electrons. The molecule has 1 amide bonds. The maximum atomic E-state index is 11.9. The molecule has 1 aromatic carbocycles. The van der Waals surface area contributed by atoms with Gasteiger partial charge in [-0.2, -0.15) is 0 Å². The number of carbonyl (C=O) groups is 1. The molecule has 2 aliphatic heterocycles. The summed E-state index contributed by atoms with van der Waals surface area (Å²) in [6, 6.07) is 10.4. The quantitative estimate of drug-likeness (QED) is 0.797. The molecule has 3 heteroatoms. The number of piperidine rings is 1. The number of amides is 1. The first-order chi connectivity index (χ1) is 8.22. The molecule has 2 saturated heterocycles. The molecule has 0 unspecified atom stereocenters. The number of nitrogens with zero attached hydrogens (tertiary/aromatic N) is 1. The summed E-state index contributed by atoms with van der Waals surface area (Å²) in [4.78, 5) is 13.9. The van der Waals surface area contributed by atoms with Crippen molar-refractivity contribution in [1.29, 1.82) is 0 Å². The van der Waals surface area contributed by atoms with Gasteiger partial charge in [0.05, 0.1) is 11.6 Å². The van der Waals surface area contributed by atoms with E-state index < -0.39 is 0 Å². The summed E-state index contributed by atoms with van der Waals surface area (Å²) < 4.78 is 0. The van der Waals surface area contributed by atoms with Gasteiger partial charge in [-0.15, -0.1) is 0 Å². The molecule has 0 bridgehead atoms. The molecule has 17 heavy (non-hydrogen) atoms. The molecule has 0 radical (unpaired) electrons. The summed E-state index contributed by atoms with van der Waals surface area (Å²) >= 11 is 0. The highest BCUT2D eigenvalue weighted by Gasteiger charge is 2.47. The zero-order valence-corrected chi connectivity index (χ0v) is 9.93. The van der Waals surface area contributed by atoms with E-state index in [4.69, 9.17) is 5.73 Å². The smallest absolute Gasteiger partial charge is 0.222 e. The minimum absolute atomic E-state index is 0.200. The van der Waals surface area contributed by atoms with Gasteiger partial charge in [0.15, 0.2) is 0 Å². The van der Waals surface area contributed by atoms with Gasteiger partial charge in [-0.1, -0.05) is 30.3 Å². The lowest BCUT2D eigenvalue weighted by atomic mass is 9.76. The average Bonchev–Trinajstić information content (AvgIpc) is 2.86. The van der Waals surface area contributed by atoms with Crippen LogP contribution >= 0.6 is 0 Å². The molecule has 0 spiro atoms. The van der Waals surface area contributed by atoms with E-state index in [0.717, 1.165) is 25.8 Å². The number of fused-ring (bicyclic) bond motifs is 1. The van der Waals surface area contributed by atoms with Crippen LogP contribution in [0, 0.1) is 0 Å². The maximum absolute atomic E-state index is 11.9. The van der Waals surface area contributed by atoms with Crippen LogP contribution in [0.5, 0.6) is 0 Å². The van der Waals surface area contributed by atoms with Crippen LogP contribution in [0.4, 0.5) is 0 Å². The van der Waals surface area contributed by atoms with Crippen molar-refractivity contribution in [2.24, 2.45) is 5.73 Å². The number of carbonyl (C=O) groups excluding carboxylic acids is 1. The largest absolute Gasteiger partial charge is 0.338 e. The lowest BCUT2D eigenvalue weighted by Crippen LogP contribution is -2.58. The first-order valence-corrected chi connectivity index (χ1v) is 6.36. The Morgan fingerprint density at radius 1 is 1.29 bits per heavy atom. The minimum atomic E-state index is -0.342. The molecular formula is C14H18N2O. The van der Waals surface area contributed by atoms with Crippen molar-refractivity contribution in [1.82, 2.24) is 4.90 Å². The molecule has 2 aliphatic rings. The van der Waals surface area contributed by atoms with Gasteiger partial charge in [-0.3, -0.25) is 4.79 Å². The Balaban J connectivity index is 1.99. The third kappa shape index (κ3) is 1.57. The first-order valence-electron chi connectivity index (χ1n) is 6.36. The van der Waals surface area contributed by atoms with Crippen LogP contribution in [0.2, 0.25) is 0 Å². The Labute approximate surface area is 102 Å². The van der Waals surface area contributed by atoms with Gasteiger partial charge in [0.1, 0.15) is 0 Å². The van der Waals surface area contributed by atoms with E-state index in [1.807, 2.05) is 23.1 Å². The predicted octanol–water partition coefficient (Wildman–Crippen LogP) is 1.63. The monoisotopic (exact) mass is 230 g/mol. The summed E-state index contributed by atoms with van der Waals surface area (Å²) in [7, 11) is 0. The van der Waals surface area contributed by atoms with Gasteiger partial charge < -0.3 is 10.6 Å². The van der Waals surface area contributed by atoms with E-state index in [1.165, 1.54) is 5.56 Å². The van der Waals surface area contributed by atoms with Gasteiger partial charge in [-0.05, 0) is 24.8 Å². The van der Waals surface area contributed by atoms with Gasteiger partial charge in [0, 0.05) is 13.0 Å². The standard InChI is InChI=1S/C14H18N2O/c15-14(11-5-2-1-3-6-11)9-8-13(17)16-10-4-7-12(14)16/h1-3,5-6,12H,4,7-10,15H2/t12-,14+/m1/s1. The van der Waals surface area contributed by atoms with Crippen molar-refractivity contribution in [3.05, 3.63) is 35.9 Å². The Hall–Kier alpha value is -1.35. The van der Waals surface area contributed by atoms with Crippen molar-refractivity contribution in [2.45, 2.75) is 37.3 Å². The molecule has 2 N–H and O–H groups in total. The summed E-state index contributed by atoms with van der Waals surface area (Å²) in [5.41, 5.74) is 7.46. The summed E-state index contributed by atoms with van der Waals surface area (Å²) in [5.74, 6) is 0.282. The van der Waals surface area contributed by atoms with Crippen LogP contribution in [0.3, 0.4) is 0 Å². The van der Waals surface area contributed by atoms with Crippen LogP contribution in [-0.2, 0) is 10.3 Å². The summed E-state index contributed by atoms with van der Waals surface area (Å²) in [5, 5.41) is 0. The van der Waals surface area contributed by atoms with Gasteiger partial charge in [-0.25, -0.2) is 0 Å². The maximum Gasteiger partial charge on any atom is 0.222 e.